The van der Waals surface area contributed by atoms with Gasteiger partial charge in [0.25, 0.3) is 0 Å². The number of thioether (sulfide) groups is 1. The van der Waals surface area contributed by atoms with E-state index in [4.69, 9.17) is 5.73 Å². The zero-order chi connectivity index (χ0) is 9.68. The van der Waals surface area contributed by atoms with Crippen molar-refractivity contribution in [2.24, 2.45) is 5.73 Å². The maximum absolute atomic E-state index is 11.5. The van der Waals surface area contributed by atoms with Crippen LogP contribution < -0.4 is 11.1 Å². The molecule has 0 bridgehead atoms. The maximum atomic E-state index is 11.5. The van der Waals surface area contributed by atoms with Crippen LogP contribution in [0.3, 0.4) is 0 Å². The number of urea groups is 1. The Morgan fingerprint density at radius 3 is 3.23 bits per heavy atom. The van der Waals surface area contributed by atoms with Crippen LogP contribution in [0.25, 0.3) is 0 Å². The van der Waals surface area contributed by atoms with Gasteiger partial charge in [-0.1, -0.05) is 6.08 Å². The van der Waals surface area contributed by atoms with E-state index in [1.807, 2.05) is 0 Å². The van der Waals surface area contributed by atoms with E-state index in [1.54, 1.807) is 22.7 Å². The molecule has 1 saturated heterocycles. The van der Waals surface area contributed by atoms with Gasteiger partial charge in [-0.15, -0.1) is 18.3 Å². The van der Waals surface area contributed by atoms with Gasteiger partial charge in [0.05, 0.1) is 11.9 Å². The average Bonchev–Trinajstić information content (AvgIpc) is 2.61. The van der Waals surface area contributed by atoms with Crippen LogP contribution in [0.5, 0.6) is 0 Å². The number of carbonyl (C=O) groups excluding carboxylic acids is 1. The molecule has 2 amide bonds. The topological polar surface area (TPSA) is 58.4 Å². The third-order valence-electron chi connectivity index (χ3n) is 1.91. The van der Waals surface area contributed by atoms with Gasteiger partial charge in [-0.25, -0.2) is 4.79 Å². The SMILES string of the molecule is C=CCNC(=O)N1CSCC1CN. The molecule has 0 aliphatic carbocycles. The Labute approximate surface area is 82.5 Å². The second-order valence-corrected chi connectivity index (χ2v) is 3.83. The monoisotopic (exact) mass is 201 g/mol. The lowest BCUT2D eigenvalue weighted by Gasteiger charge is -2.22. The number of hydrogen-bond acceptors (Lipinski definition) is 3. The predicted molar refractivity (Wildman–Crippen MR) is 55.6 cm³/mol. The molecule has 3 N–H and O–H groups in total. The molecule has 0 saturated carbocycles. The van der Waals surface area contributed by atoms with E-state index in [0.717, 1.165) is 11.6 Å². The minimum Gasteiger partial charge on any atom is -0.334 e. The number of hydrogen-bond donors (Lipinski definition) is 2. The Bertz CT molecular complexity index is 198. The van der Waals surface area contributed by atoms with E-state index in [-0.39, 0.29) is 12.1 Å². The van der Waals surface area contributed by atoms with Crippen LogP contribution in [0.1, 0.15) is 0 Å². The zero-order valence-electron chi connectivity index (χ0n) is 7.53. The lowest BCUT2D eigenvalue weighted by atomic mass is 10.3. The smallest absolute Gasteiger partial charge is 0.318 e. The van der Waals surface area contributed by atoms with Crippen molar-refractivity contribution in [3.63, 3.8) is 0 Å². The third kappa shape index (κ3) is 2.63. The summed E-state index contributed by atoms with van der Waals surface area (Å²) in [5.41, 5.74) is 5.54. The van der Waals surface area contributed by atoms with Crippen LogP contribution in [0.4, 0.5) is 4.79 Å². The van der Waals surface area contributed by atoms with Crippen molar-refractivity contribution in [1.82, 2.24) is 10.2 Å². The molecule has 0 aromatic heterocycles. The number of nitrogens with one attached hydrogen (secondary N) is 1. The minimum atomic E-state index is -0.0413. The van der Waals surface area contributed by atoms with Crippen molar-refractivity contribution in [2.45, 2.75) is 6.04 Å². The Morgan fingerprint density at radius 1 is 1.85 bits per heavy atom. The molecular formula is C8H15N3OS. The maximum Gasteiger partial charge on any atom is 0.318 e. The predicted octanol–water partition coefficient (Wildman–Crippen LogP) is 0.216. The van der Waals surface area contributed by atoms with Crippen LogP contribution in [0.15, 0.2) is 12.7 Å². The Morgan fingerprint density at radius 2 is 2.62 bits per heavy atom. The Balaban J connectivity index is 2.40. The number of amides is 2. The van der Waals surface area contributed by atoms with Gasteiger partial charge in [0.2, 0.25) is 0 Å². The molecule has 13 heavy (non-hydrogen) atoms. The highest BCUT2D eigenvalue weighted by molar-refractivity contribution is 7.99. The number of carbonyl (C=O) groups is 1. The van der Waals surface area contributed by atoms with E-state index in [0.29, 0.717) is 13.1 Å². The first kappa shape index (κ1) is 10.4. The zero-order valence-corrected chi connectivity index (χ0v) is 8.35. The van der Waals surface area contributed by atoms with Gasteiger partial charge in [0.15, 0.2) is 0 Å². The summed E-state index contributed by atoms with van der Waals surface area (Å²) in [7, 11) is 0. The number of nitrogens with zero attached hydrogens (tertiary/aromatic N) is 1. The molecule has 1 aliphatic rings. The summed E-state index contributed by atoms with van der Waals surface area (Å²) in [5.74, 6) is 1.68. The van der Waals surface area contributed by atoms with Gasteiger partial charge in [-0.3, -0.25) is 0 Å². The van der Waals surface area contributed by atoms with Gasteiger partial charge >= 0.3 is 6.03 Å². The molecule has 0 spiro atoms. The summed E-state index contributed by atoms with van der Waals surface area (Å²) in [4.78, 5) is 13.2. The molecule has 1 aliphatic heterocycles. The molecule has 1 fully saturated rings. The highest BCUT2D eigenvalue weighted by Crippen LogP contribution is 2.19. The summed E-state index contributed by atoms with van der Waals surface area (Å²) in [6, 6.07) is 0.148. The molecule has 0 aromatic rings. The highest BCUT2D eigenvalue weighted by atomic mass is 32.2. The van der Waals surface area contributed by atoms with Crippen LogP contribution in [0, 0.1) is 0 Å². The number of rotatable bonds is 3. The van der Waals surface area contributed by atoms with Gasteiger partial charge < -0.3 is 16.0 Å². The first-order chi connectivity index (χ1) is 6.29. The van der Waals surface area contributed by atoms with E-state index < -0.39 is 0 Å². The van der Waals surface area contributed by atoms with Crippen molar-refractivity contribution in [2.75, 3.05) is 24.7 Å². The molecule has 74 valence electrons. The van der Waals surface area contributed by atoms with Crippen molar-refractivity contribution in [3.8, 4) is 0 Å². The standard InChI is InChI=1S/C8H15N3OS/c1-2-3-10-8(12)11-6-13-5-7(11)4-9/h2,7H,1,3-6,9H2,(H,10,12). The largest absolute Gasteiger partial charge is 0.334 e. The quantitative estimate of drug-likeness (QED) is 0.642. The van der Waals surface area contributed by atoms with E-state index in [1.165, 1.54) is 0 Å². The molecule has 4 nitrogen and oxygen atoms in total. The van der Waals surface area contributed by atoms with Gasteiger partial charge in [-0.2, -0.15) is 0 Å². The van der Waals surface area contributed by atoms with Crippen molar-refractivity contribution >= 4 is 17.8 Å². The first-order valence-electron chi connectivity index (χ1n) is 4.22. The van der Waals surface area contributed by atoms with Gasteiger partial charge in [-0.05, 0) is 0 Å². The summed E-state index contributed by atoms with van der Waals surface area (Å²) in [6.45, 7) is 4.58. The molecular weight excluding hydrogens is 186 g/mol. The molecule has 0 aromatic carbocycles. The third-order valence-corrected chi connectivity index (χ3v) is 2.99. The fraction of sp³-hybridized carbons (Fsp3) is 0.625. The lowest BCUT2D eigenvalue weighted by Crippen LogP contribution is -2.46. The fourth-order valence-corrected chi connectivity index (χ4v) is 2.38. The summed E-state index contributed by atoms with van der Waals surface area (Å²) in [5, 5.41) is 2.74. The molecule has 1 heterocycles. The highest BCUT2D eigenvalue weighted by Gasteiger charge is 2.27. The van der Waals surface area contributed by atoms with Crippen molar-refractivity contribution < 1.29 is 4.79 Å². The van der Waals surface area contributed by atoms with Crippen molar-refractivity contribution in [3.05, 3.63) is 12.7 Å². The first-order valence-corrected chi connectivity index (χ1v) is 5.38. The molecule has 1 atom stereocenters. The average molecular weight is 201 g/mol. The normalized spacial score (nSPS) is 21.6. The van der Waals surface area contributed by atoms with Crippen LogP contribution in [0.2, 0.25) is 0 Å². The Kier molecular flexibility index (Phi) is 4.11. The molecule has 1 rings (SSSR count). The van der Waals surface area contributed by atoms with Crippen LogP contribution >= 0.6 is 11.8 Å². The summed E-state index contributed by atoms with van der Waals surface area (Å²) in [6.07, 6.45) is 1.67. The van der Waals surface area contributed by atoms with E-state index in [2.05, 4.69) is 11.9 Å². The van der Waals surface area contributed by atoms with Crippen LogP contribution in [-0.2, 0) is 0 Å². The lowest BCUT2D eigenvalue weighted by molar-refractivity contribution is 0.198. The number of nitrogens with two attached hydrogens (primary N) is 1. The fourth-order valence-electron chi connectivity index (χ4n) is 1.16. The van der Waals surface area contributed by atoms with E-state index >= 15 is 0 Å². The molecule has 1 unspecified atom stereocenters. The summed E-state index contributed by atoms with van der Waals surface area (Å²) < 4.78 is 0. The summed E-state index contributed by atoms with van der Waals surface area (Å²) >= 11 is 1.74. The Hall–Kier alpha value is -0.680. The van der Waals surface area contributed by atoms with E-state index in [9.17, 15) is 4.79 Å². The second-order valence-electron chi connectivity index (χ2n) is 2.83. The molecule has 5 heteroatoms. The van der Waals surface area contributed by atoms with Crippen molar-refractivity contribution in [1.29, 1.82) is 0 Å². The van der Waals surface area contributed by atoms with Crippen LogP contribution in [-0.4, -0.2) is 41.7 Å². The van der Waals surface area contributed by atoms with Gasteiger partial charge in [0.1, 0.15) is 0 Å². The van der Waals surface area contributed by atoms with Gasteiger partial charge in [0, 0.05) is 18.8 Å². The molecule has 0 radical (unpaired) electrons. The minimum absolute atomic E-state index is 0.0413. The second kappa shape index (κ2) is 5.14.